The number of aromatic nitrogens is 4. The van der Waals surface area contributed by atoms with Gasteiger partial charge in [0.2, 0.25) is 0 Å². The molecular formula is C49H52N8O6. The number of nitrogens with zero attached hydrogens (tertiary/aromatic N) is 4. The molecule has 2 aliphatic rings. The lowest BCUT2D eigenvalue weighted by atomic mass is 9.98. The van der Waals surface area contributed by atoms with Crippen LogP contribution in [0.2, 0.25) is 0 Å². The molecule has 2 aromatic heterocycles. The number of ether oxygens (including phenoxy) is 2. The average molecular weight is 849 g/mol. The van der Waals surface area contributed by atoms with E-state index in [2.05, 4.69) is 69.1 Å². The molecule has 4 aromatic carbocycles. The van der Waals surface area contributed by atoms with Gasteiger partial charge in [0.25, 0.3) is 11.8 Å². The van der Waals surface area contributed by atoms with Gasteiger partial charge in [-0.25, -0.2) is 19.6 Å². The number of piperidine rings is 1. The molecule has 4 heterocycles. The summed E-state index contributed by atoms with van der Waals surface area (Å²) in [7, 11) is 2.57. The van der Waals surface area contributed by atoms with E-state index in [-0.39, 0.29) is 23.9 Å². The number of carbonyl (C=O) groups excluding carboxylic acids is 4. The Labute approximate surface area is 366 Å². The number of alkyl carbamates (subject to hydrolysis) is 2. The fourth-order valence-electron chi connectivity index (χ4n) is 8.64. The maximum atomic E-state index is 14.0. The van der Waals surface area contributed by atoms with E-state index in [1.54, 1.807) is 4.90 Å². The highest BCUT2D eigenvalue weighted by Crippen LogP contribution is 2.35. The van der Waals surface area contributed by atoms with E-state index in [1.807, 2.05) is 78.0 Å². The normalized spacial score (nSPS) is 17.1. The number of nitrogens with one attached hydrogen (secondary N) is 4. The van der Waals surface area contributed by atoms with Crippen molar-refractivity contribution in [3.05, 3.63) is 155 Å². The van der Waals surface area contributed by atoms with E-state index in [1.165, 1.54) is 25.3 Å². The zero-order valence-corrected chi connectivity index (χ0v) is 35.5. The van der Waals surface area contributed by atoms with E-state index in [0.29, 0.717) is 30.0 Å². The Morgan fingerprint density at radius 2 is 1.00 bits per heavy atom. The number of likely N-dealkylation sites (tertiary alicyclic amines) is 2. The fourth-order valence-corrected chi connectivity index (χ4v) is 8.64. The van der Waals surface area contributed by atoms with Crippen LogP contribution in [0, 0.1) is 0 Å². The van der Waals surface area contributed by atoms with Crippen molar-refractivity contribution in [1.29, 1.82) is 0 Å². The van der Waals surface area contributed by atoms with E-state index in [4.69, 9.17) is 19.4 Å². The number of rotatable bonds is 13. The third kappa shape index (κ3) is 9.80. The Hall–Kier alpha value is -7.22. The smallest absolute Gasteiger partial charge is 0.407 e. The van der Waals surface area contributed by atoms with E-state index in [9.17, 15) is 19.2 Å². The second kappa shape index (κ2) is 19.7. The van der Waals surface area contributed by atoms with Crippen LogP contribution < -0.4 is 10.6 Å². The van der Waals surface area contributed by atoms with Crippen molar-refractivity contribution in [3.8, 4) is 22.5 Å². The lowest BCUT2D eigenvalue weighted by molar-refractivity contribution is -0.137. The van der Waals surface area contributed by atoms with Crippen LogP contribution in [0.5, 0.6) is 0 Å². The fraction of sp³-hybridized carbons (Fsp3) is 0.306. The second-order valence-corrected chi connectivity index (χ2v) is 16.0. The first-order valence-corrected chi connectivity index (χ1v) is 21.5. The van der Waals surface area contributed by atoms with Crippen LogP contribution in [0.4, 0.5) is 9.59 Å². The van der Waals surface area contributed by atoms with E-state index in [0.717, 1.165) is 73.3 Å². The number of aryl methyl sites for hydroxylation is 2. The Morgan fingerprint density at radius 1 is 0.587 bits per heavy atom. The first kappa shape index (κ1) is 42.5. The van der Waals surface area contributed by atoms with E-state index >= 15 is 0 Å². The zero-order valence-electron chi connectivity index (χ0n) is 35.5. The molecule has 0 bridgehead atoms. The first-order valence-electron chi connectivity index (χ1n) is 21.5. The molecule has 0 aliphatic carbocycles. The summed E-state index contributed by atoms with van der Waals surface area (Å²) >= 11 is 0. The molecule has 2 fully saturated rings. The summed E-state index contributed by atoms with van der Waals surface area (Å²) in [5, 5.41) is 5.45. The molecule has 6 aromatic rings. The summed E-state index contributed by atoms with van der Waals surface area (Å²) in [6.45, 7) is 1.12. The quantitative estimate of drug-likeness (QED) is 0.0901. The molecule has 324 valence electrons. The number of H-pyrrole nitrogens is 2. The summed E-state index contributed by atoms with van der Waals surface area (Å²) in [5.74, 6) is 1.03. The number of benzene rings is 4. The minimum Gasteiger partial charge on any atom is -0.453 e. The minimum absolute atomic E-state index is 0.199. The van der Waals surface area contributed by atoms with Gasteiger partial charge in [0.1, 0.15) is 23.7 Å². The standard InChI is InChI=1S/C49H52N8O6/c1-62-48(60)54-42(36-12-5-3-6-13-36)46(58)56-28-10-9-16-40(56)44-50-30-38(52-44)34-24-20-32(21-25-34)18-19-33-22-26-35(27-23-33)39-31-51-45(53-39)41-17-11-29-57(41)47(59)43(55-49(61)63-2)37-14-7-4-8-15-37/h3-8,12-15,20-27,30-31,40-43H,9-11,16-19,28-29H2,1-2H3,(H,50,52)(H,51,53)(H,54,60)(H,55,61). The first-order chi connectivity index (χ1) is 30.8. The van der Waals surface area contributed by atoms with Gasteiger partial charge in [0.15, 0.2) is 0 Å². The molecule has 8 rings (SSSR count). The molecule has 0 saturated carbocycles. The lowest BCUT2D eigenvalue weighted by Crippen LogP contribution is -2.46. The number of imidazole rings is 2. The minimum atomic E-state index is -0.878. The highest BCUT2D eigenvalue weighted by atomic mass is 16.5. The summed E-state index contributed by atoms with van der Waals surface area (Å²) in [4.78, 5) is 72.5. The molecule has 4 N–H and O–H groups in total. The lowest BCUT2D eigenvalue weighted by Gasteiger charge is -2.37. The Balaban J connectivity index is 0.877. The van der Waals surface area contributed by atoms with Crippen molar-refractivity contribution >= 4 is 24.0 Å². The van der Waals surface area contributed by atoms with Crippen LogP contribution in [0.3, 0.4) is 0 Å². The number of aromatic amines is 2. The van der Waals surface area contributed by atoms with Gasteiger partial charge in [-0.2, -0.15) is 0 Å². The maximum absolute atomic E-state index is 14.0. The summed E-state index contributed by atoms with van der Waals surface area (Å²) in [6.07, 6.45) is 8.22. The predicted molar refractivity (Wildman–Crippen MR) is 237 cm³/mol. The van der Waals surface area contributed by atoms with Crippen LogP contribution in [-0.2, 0) is 31.9 Å². The molecule has 14 nitrogen and oxygen atoms in total. The van der Waals surface area contributed by atoms with Crippen LogP contribution >= 0.6 is 0 Å². The van der Waals surface area contributed by atoms with Crippen molar-refractivity contribution in [2.24, 2.45) is 0 Å². The van der Waals surface area contributed by atoms with Gasteiger partial charge in [-0.1, -0.05) is 109 Å². The molecule has 14 heteroatoms. The van der Waals surface area contributed by atoms with Crippen LogP contribution in [0.25, 0.3) is 22.5 Å². The molecular weight excluding hydrogens is 797 g/mol. The number of hydrogen-bond donors (Lipinski definition) is 4. The molecule has 0 radical (unpaired) electrons. The molecule has 4 unspecified atom stereocenters. The van der Waals surface area contributed by atoms with Crippen molar-refractivity contribution in [2.45, 2.75) is 69.1 Å². The van der Waals surface area contributed by atoms with Gasteiger partial charge in [0.05, 0.1) is 50.1 Å². The number of hydrogen-bond acceptors (Lipinski definition) is 8. The van der Waals surface area contributed by atoms with Crippen molar-refractivity contribution in [3.63, 3.8) is 0 Å². The van der Waals surface area contributed by atoms with Gasteiger partial charge in [-0.05, 0) is 78.3 Å². The van der Waals surface area contributed by atoms with Crippen molar-refractivity contribution < 1.29 is 28.7 Å². The largest absolute Gasteiger partial charge is 0.453 e. The number of carbonyl (C=O) groups is 4. The van der Waals surface area contributed by atoms with Crippen molar-refractivity contribution in [1.82, 2.24) is 40.4 Å². The molecule has 2 aliphatic heterocycles. The average Bonchev–Trinajstić information content (AvgIpc) is 4.15. The summed E-state index contributed by atoms with van der Waals surface area (Å²) in [6, 6.07) is 33.1. The van der Waals surface area contributed by atoms with Crippen LogP contribution in [-0.4, -0.2) is 81.0 Å². The van der Waals surface area contributed by atoms with Gasteiger partial charge >= 0.3 is 12.2 Å². The van der Waals surface area contributed by atoms with E-state index < -0.39 is 24.3 Å². The summed E-state index contributed by atoms with van der Waals surface area (Å²) in [5.41, 5.74) is 7.54. The molecule has 63 heavy (non-hydrogen) atoms. The monoisotopic (exact) mass is 848 g/mol. The topological polar surface area (TPSA) is 175 Å². The SMILES string of the molecule is COC(=O)NC(C(=O)N1CCCCC1c1ncc(-c2ccc(CCc3ccc(-c4cnc(C5CCCN5C(=O)C(NC(=O)OC)c5ccccc5)[nH]4)cc3)cc2)[nH]1)c1ccccc1. The van der Waals surface area contributed by atoms with Crippen LogP contribution in [0.1, 0.15) is 90.2 Å². The third-order valence-electron chi connectivity index (χ3n) is 12.0. The second-order valence-electron chi connectivity index (χ2n) is 16.0. The van der Waals surface area contributed by atoms with Crippen LogP contribution in [0.15, 0.2) is 122 Å². The highest BCUT2D eigenvalue weighted by molar-refractivity contribution is 5.88. The Kier molecular flexibility index (Phi) is 13.3. The number of amides is 4. The maximum Gasteiger partial charge on any atom is 0.407 e. The van der Waals surface area contributed by atoms with Gasteiger partial charge < -0.3 is 39.9 Å². The van der Waals surface area contributed by atoms with Gasteiger partial charge in [-0.3, -0.25) is 9.59 Å². The van der Waals surface area contributed by atoms with Gasteiger partial charge in [0, 0.05) is 13.1 Å². The Bertz CT molecular complexity index is 2490. The number of methoxy groups -OCH3 is 2. The summed E-state index contributed by atoms with van der Waals surface area (Å²) < 4.78 is 9.68. The predicted octanol–water partition coefficient (Wildman–Crippen LogP) is 8.16. The van der Waals surface area contributed by atoms with Gasteiger partial charge in [-0.15, -0.1) is 0 Å². The third-order valence-corrected chi connectivity index (χ3v) is 12.0. The zero-order chi connectivity index (χ0) is 43.7. The molecule has 4 atom stereocenters. The highest BCUT2D eigenvalue weighted by Gasteiger charge is 2.38. The van der Waals surface area contributed by atoms with Crippen molar-refractivity contribution in [2.75, 3.05) is 27.3 Å². The molecule has 4 amide bonds. The Morgan fingerprint density at radius 3 is 1.43 bits per heavy atom. The molecule has 0 spiro atoms. The molecule has 2 saturated heterocycles.